The van der Waals surface area contributed by atoms with Gasteiger partial charge in [-0.15, -0.1) is 6.58 Å². The van der Waals surface area contributed by atoms with E-state index in [0.717, 1.165) is 13.0 Å². The average molecular weight is 173 g/mol. The molecule has 3 heteroatoms. The monoisotopic (exact) mass is 173 g/mol. The van der Waals surface area contributed by atoms with Crippen LogP contribution in [-0.2, 0) is 9.47 Å². The summed E-state index contributed by atoms with van der Waals surface area (Å²) in [6.45, 7) is 5.79. The lowest BCUT2D eigenvalue weighted by molar-refractivity contribution is 0.0676. The first-order chi connectivity index (χ1) is 5.85. The van der Waals surface area contributed by atoms with Crippen molar-refractivity contribution in [2.75, 3.05) is 34.0 Å². The summed E-state index contributed by atoms with van der Waals surface area (Å²) in [5.41, 5.74) is 0. The number of likely N-dealkylation sites (N-methyl/N-ethyl adjacent to an activating group) is 1. The summed E-state index contributed by atoms with van der Waals surface area (Å²) in [6.07, 6.45) is 2.85. The minimum absolute atomic E-state index is 0.354. The highest BCUT2D eigenvalue weighted by Crippen LogP contribution is 1.92. The normalized spacial score (nSPS) is 12.8. The molecule has 12 heavy (non-hydrogen) atoms. The molecule has 0 aliphatic rings. The molecule has 0 bridgehead atoms. The number of methoxy groups -OCH3 is 1. The average Bonchev–Trinajstić information content (AvgIpc) is 2.11. The third-order valence-corrected chi connectivity index (χ3v) is 1.66. The second-order valence-electron chi connectivity index (χ2n) is 2.52. The van der Waals surface area contributed by atoms with Crippen LogP contribution in [0.2, 0.25) is 0 Å². The molecular formula is C9H19NO2. The van der Waals surface area contributed by atoms with Crippen LogP contribution in [0, 0.1) is 0 Å². The maximum atomic E-state index is 5.30. The molecule has 1 atom stereocenters. The molecule has 1 unspecified atom stereocenters. The highest BCUT2D eigenvalue weighted by molar-refractivity contribution is 4.83. The van der Waals surface area contributed by atoms with Crippen molar-refractivity contribution in [2.45, 2.75) is 12.5 Å². The van der Waals surface area contributed by atoms with Crippen LogP contribution in [-0.4, -0.2) is 40.0 Å². The molecule has 0 rings (SSSR count). The number of hydrogen-bond donors (Lipinski definition) is 1. The zero-order valence-corrected chi connectivity index (χ0v) is 8.01. The van der Waals surface area contributed by atoms with E-state index in [2.05, 4.69) is 11.9 Å². The molecule has 0 aromatic heterocycles. The summed E-state index contributed by atoms with van der Waals surface area (Å²) in [5, 5.41) is 3.11. The van der Waals surface area contributed by atoms with Crippen molar-refractivity contribution in [3.05, 3.63) is 12.7 Å². The van der Waals surface area contributed by atoms with E-state index in [4.69, 9.17) is 9.47 Å². The second kappa shape index (κ2) is 8.71. The van der Waals surface area contributed by atoms with Crippen LogP contribution in [0.15, 0.2) is 12.7 Å². The third kappa shape index (κ3) is 6.34. The fourth-order valence-electron chi connectivity index (χ4n) is 0.835. The SMILES string of the molecule is C=CC(CCOCCOC)NC. The number of rotatable bonds is 8. The lowest BCUT2D eigenvalue weighted by atomic mass is 10.2. The van der Waals surface area contributed by atoms with Crippen LogP contribution in [0.5, 0.6) is 0 Å². The Morgan fingerprint density at radius 2 is 2.17 bits per heavy atom. The summed E-state index contributed by atoms with van der Waals surface area (Å²) in [4.78, 5) is 0. The van der Waals surface area contributed by atoms with Gasteiger partial charge in [-0.1, -0.05) is 6.08 Å². The first-order valence-electron chi connectivity index (χ1n) is 4.21. The van der Waals surface area contributed by atoms with Gasteiger partial charge in [0.25, 0.3) is 0 Å². The Morgan fingerprint density at radius 1 is 1.42 bits per heavy atom. The van der Waals surface area contributed by atoms with E-state index in [1.807, 2.05) is 13.1 Å². The predicted octanol–water partition coefficient (Wildman–Crippen LogP) is 0.813. The molecular weight excluding hydrogens is 154 g/mol. The van der Waals surface area contributed by atoms with Gasteiger partial charge in [-0.3, -0.25) is 0 Å². The Bertz CT molecular complexity index is 107. The summed E-state index contributed by atoms with van der Waals surface area (Å²) >= 11 is 0. The summed E-state index contributed by atoms with van der Waals surface area (Å²) in [6, 6.07) is 0.354. The minimum Gasteiger partial charge on any atom is -0.382 e. The molecule has 0 aromatic rings. The van der Waals surface area contributed by atoms with Gasteiger partial charge >= 0.3 is 0 Å². The second-order valence-corrected chi connectivity index (χ2v) is 2.52. The maximum Gasteiger partial charge on any atom is 0.0700 e. The molecule has 0 aliphatic heterocycles. The van der Waals surface area contributed by atoms with Gasteiger partial charge in [0.2, 0.25) is 0 Å². The Morgan fingerprint density at radius 3 is 2.67 bits per heavy atom. The van der Waals surface area contributed by atoms with E-state index < -0.39 is 0 Å². The molecule has 0 saturated heterocycles. The molecule has 0 heterocycles. The van der Waals surface area contributed by atoms with Gasteiger partial charge in [-0.25, -0.2) is 0 Å². The standard InChI is InChI=1S/C9H19NO2/c1-4-9(10-2)5-6-12-8-7-11-3/h4,9-10H,1,5-8H2,2-3H3. The Kier molecular flexibility index (Phi) is 8.44. The molecule has 1 N–H and O–H groups in total. The van der Waals surface area contributed by atoms with Crippen LogP contribution in [0.25, 0.3) is 0 Å². The van der Waals surface area contributed by atoms with Crippen molar-refractivity contribution >= 4 is 0 Å². The van der Waals surface area contributed by atoms with E-state index in [1.54, 1.807) is 7.11 Å². The molecule has 0 aliphatic carbocycles. The zero-order valence-electron chi connectivity index (χ0n) is 8.01. The van der Waals surface area contributed by atoms with Gasteiger partial charge in [0, 0.05) is 19.8 Å². The Labute approximate surface area is 74.7 Å². The smallest absolute Gasteiger partial charge is 0.0700 e. The molecule has 0 aromatic carbocycles. The third-order valence-electron chi connectivity index (χ3n) is 1.66. The lowest BCUT2D eigenvalue weighted by Crippen LogP contribution is -2.24. The van der Waals surface area contributed by atoms with Gasteiger partial charge in [-0.2, -0.15) is 0 Å². The summed E-state index contributed by atoms with van der Waals surface area (Å²) < 4.78 is 10.1. The van der Waals surface area contributed by atoms with E-state index >= 15 is 0 Å². The maximum absolute atomic E-state index is 5.30. The van der Waals surface area contributed by atoms with Gasteiger partial charge < -0.3 is 14.8 Å². The van der Waals surface area contributed by atoms with Gasteiger partial charge in [0.1, 0.15) is 0 Å². The quantitative estimate of drug-likeness (QED) is 0.435. The first kappa shape index (κ1) is 11.6. The zero-order chi connectivity index (χ0) is 9.23. The molecule has 0 spiro atoms. The van der Waals surface area contributed by atoms with Crippen molar-refractivity contribution in [3.8, 4) is 0 Å². The highest BCUT2D eigenvalue weighted by atomic mass is 16.5. The molecule has 0 saturated carbocycles. The highest BCUT2D eigenvalue weighted by Gasteiger charge is 1.98. The molecule has 3 nitrogen and oxygen atoms in total. The number of ether oxygens (including phenoxy) is 2. The predicted molar refractivity (Wildman–Crippen MR) is 50.4 cm³/mol. The molecule has 0 fully saturated rings. The van der Waals surface area contributed by atoms with Crippen LogP contribution in [0.4, 0.5) is 0 Å². The van der Waals surface area contributed by atoms with Crippen LogP contribution in [0.1, 0.15) is 6.42 Å². The van der Waals surface area contributed by atoms with E-state index in [1.165, 1.54) is 0 Å². The van der Waals surface area contributed by atoms with Gasteiger partial charge in [0.05, 0.1) is 13.2 Å². The first-order valence-corrected chi connectivity index (χ1v) is 4.21. The van der Waals surface area contributed by atoms with Crippen LogP contribution >= 0.6 is 0 Å². The summed E-state index contributed by atoms with van der Waals surface area (Å²) in [5.74, 6) is 0. The number of hydrogen-bond acceptors (Lipinski definition) is 3. The van der Waals surface area contributed by atoms with Gasteiger partial charge in [0.15, 0.2) is 0 Å². The minimum atomic E-state index is 0.354. The van der Waals surface area contributed by atoms with Gasteiger partial charge in [-0.05, 0) is 13.5 Å². The van der Waals surface area contributed by atoms with E-state index in [-0.39, 0.29) is 0 Å². The lowest BCUT2D eigenvalue weighted by Gasteiger charge is -2.10. The van der Waals surface area contributed by atoms with Crippen LogP contribution < -0.4 is 5.32 Å². The van der Waals surface area contributed by atoms with Crippen molar-refractivity contribution in [3.63, 3.8) is 0 Å². The number of nitrogens with one attached hydrogen (secondary N) is 1. The largest absolute Gasteiger partial charge is 0.382 e. The molecule has 0 radical (unpaired) electrons. The van der Waals surface area contributed by atoms with E-state index in [0.29, 0.717) is 19.3 Å². The summed E-state index contributed by atoms with van der Waals surface area (Å²) in [7, 11) is 3.59. The van der Waals surface area contributed by atoms with Crippen molar-refractivity contribution in [1.82, 2.24) is 5.32 Å². The fraction of sp³-hybridized carbons (Fsp3) is 0.778. The fourth-order valence-corrected chi connectivity index (χ4v) is 0.835. The Balaban J connectivity index is 3.12. The topological polar surface area (TPSA) is 30.5 Å². The molecule has 0 amide bonds. The molecule has 72 valence electrons. The Hall–Kier alpha value is -0.380. The van der Waals surface area contributed by atoms with Crippen molar-refractivity contribution < 1.29 is 9.47 Å². The van der Waals surface area contributed by atoms with Crippen LogP contribution in [0.3, 0.4) is 0 Å². The van der Waals surface area contributed by atoms with Crippen molar-refractivity contribution in [2.24, 2.45) is 0 Å². The van der Waals surface area contributed by atoms with Crippen molar-refractivity contribution in [1.29, 1.82) is 0 Å². The van der Waals surface area contributed by atoms with E-state index in [9.17, 15) is 0 Å².